The van der Waals surface area contributed by atoms with Crippen molar-refractivity contribution in [2.24, 2.45) is 0 Å². The molecule has 1 unspecified atom stereocenters. The fraction of sp³-hybridized carbons (Fsp3) is 0.615. The molecule has 3 heteroatoms. The van der Waals surface area contributed by atoms with Gasteiger partial charge in [-0.25, -0.2) is 0 Å². The third kappa shape index (κ3) is 3.49. The molecular weight excluding hydrogens is 200 g/mol. The van der Waals surface area contributed by atoms with Crippen LogP contribution in [0.4, 0.5) is 0 Å². The summed E-state index contributed by atoms with van der Waals surface area (Å²) < 4.78 is 5.35. The number of nitrogens with zero attached hydrogens (tertiary/aromatic N) is 1. The van der Waals surface area contributed by atoms with Crippen molar-refractivity contribution in [1.29, 1.82) is 0 Å². The molecular formula is C13H22N2O. The van der Waals surface area contributed by atoms with E-state index < -0.39 is 0 Å². The predicted octanol–water partition coefficient (Wildman–Crippen LogP) is 2.93. The fourth-order valence-corrected chi connectivity index (χ4v) is 1.87. The quantitative estimate of drug-likeness (QED) is 0.770. The van der Waals surface area contributed by atoms with Gasteiger partial charge in [0.15, 0.2) is 0 Å². The lowest BCUT2D eigenvalue weighted by molar-refractivity contribution is 0.392. The average Bonchev–Trinajstić information content (AvgIpc) is 2.34. The highest BCUT2D eigenvalue weighted by Crippen LogP contribution is 2.27. The van der Waals surface area contributed by atoms with Crippen LogP contribution in [-0.2, 0) is 0 Å². The Kier molecular flexibility index (Phi) is 5.86. The molecule has 3 nitrogen and oxygen atoms in total. The van der Waals surface area contributed by atoms with Crippen LogP contribution in [0.15, 0.2) is 18.5 Å². The van der Waals surface area contributed by atoms with Gasteiger partial charge in [-0.3, -0.25) is 4.98 Å². The zero-order valence-corrected chi connectivity index (χ0v) is 10.5. The van der Waals surface area contributed by atoms with E-state index in [1.165, 1.54) is 18.4 Å². The molecule has 0 fully saturated rings. The second kappa shape index (κ2) is 7.23. The van der Waals surface area contributed by atoms with Crippen LogP contribution >= 0.6 is 0 Å². The molecule has 0 saturated carbocycles. The second-order valence-electron chi connectivity index (χ2n) is 3.87. The van der Waals surface area contributed by atoms with Crippen LogP contribution in [0, 0.1) is 0 Å². The third-order valence-corrected chi connectivity index (χ3v) is 2.71. The maximum atomic E-state index is 5.35. The summed E-state index contributed by atoms with van der Waals surface area (Å²) in [5.41, 5.74) is 1.22. The standard InChI is InChI=1S/C13H22N2O/c1-4-6-7-12(15-5-2)11-8-9-14-10-13(11)16-3/h8-10,12,15H,4-7H2,1-3H3. The van der Waals surface area contributed by atoms with Crippen molar-refractivity contribution in [3.63, 3.8) is 0 Å². The number of rotatable bonds is 7. The second-order valence-corrected chi connectivity index (χ2v) is 3.87. The zero-order chi connectivity index (χ0) is 11.8. The van der Waals surface area contributed by atoms with Crippen LogP contribution in [-0.4, -0.2) is 18.6 Å². The highest BCUT2D eigenvalue weighted by Gasteiger charge is 2.14. The number of pyridine rings is 1. The van der Waals surface area contributed by atoms with Gasteiger partial charge in [-0.05, 0) is 19.0 Å². The van der Waals surface area contributed by atoms with E-state index >= 15 is 0 Å². The number of hydrogen-bond donors (Lipinski definition) is 1. The van der Waals surface area contributed by atoms with Gasteiger partial charge in [-0.2, -0.15) is 0 Å². The molecule has 1 heterocycles. The summed E-state index contributed by atoms with van der Waals surface area (Å²) in [5.74, 6) is 0.879. The van der Waals surface area contributed by atoms with Gasteiger partial charge in [0.2, 0.25) is 0 Å². The Morgan fingerprint density at radius 2 is 2.25 bits per heavy atom. The lowest BCUT2D eigenvalue weighted by Gasteiger charge is -2.20. The normalized spacial score (nSPS) is 12.4. The molecule has 0 amide bonds. The molecule has 1 N–H and O–H groups in total. The van der Waals surface area contributed by atoms with Crippen molar-refractivity contribution in [3.8, 4) is 5.75 Å². The Bertz CT molecular complexity index is 302. The topological polar surface area (TPSA) is 34.2 Å². The summed E-state index contributed by atoms with van der Waals surface area (Å²) in [6.07, 6.45) is 7.20. The Labute approximate surface area is 98.2 Å². The number of nitrogens with one attached hydrogen (secondary N) is 1. The van der Waals surface area contributed by atoms with Crippen LogP contribution in [0.5, 0.6) is 5.75 Å². The fourth-order valence-electron chi connectivity index (χ4n) is 1.87. The number of methoxy groups -OCH3 is 1. The van der Waals surface area contributed by atoms with Gasteiger partial charge >= 0.3 is 0 Å². The van der Waals surface area contributed by atoms with Crippen molar-refractivity contribution in [1.82, 2.24) is 10.3 Å². The molecule has 0 aromatic carbocycles. The SMILES string of the molecule is CCCCC(NCC)c1ccncc1OC. The van der Waals surface area contributed by atoms with Gasteiger partial charge in [0.1, 0.15) is 5.75 Å². The molecule has 0 aliphatic heterocycles. The van der Waals surface area contributed by atoms with Gasteiger partial charge in [0.25, 0.3) is 0 Å². The molecule has 0 bridgehead atoms. The lowest BCUT2D eigenvalue weighted by atomic mass is 10.0. The molecule has 0 spiro atoms. The summed E-state index contributed by atoms with van der Waals surface area (Å²) >= 11 is 0. The highest BCUT2D eigenvalue weighted by molar-refractivity contribution is 5.32. The zero-order valence-electron chi connectivity index (χ0n) is 10.5. The van der Waals surface area contributed by atoms with Crippen LogP contribution in [0.2, 0.25) is 0 Å². The molecule has 1 aromatic rings. The Morgan fingerprint density at radius 3 is 2.88 bits per heavy atom. The smallest absolute Gasteiger partial charge is 0.141 e. The van der Waals surface area contributed by atoms with Gasteiger partial charge in [0, 0.05) is 17.8 Å². The minimum atomic E-state index is 0.378. The average molecular weight is 222 g/mol. The highest BCUT2D eigenvalue weighted by atomic mass is 16.5. The largest absolute Gasteiger partial charge is 0.495 e. The van der Waals surface area contributed by atoms with Gasteiger partial charge < -0.3 is 10.1 Å². The number of aromatic nitrogens is 1. The van der Waals surface area contributed by atoms with Crippen molar-refractivity contribution in [2.45, 2.75) is 39.2 Å². The molecule has 0 aliphatic carbocycles. The maximum absolute atomic E-state index is 5.35. The summed E-state index contributed by atoms with van der Waals surface area (Å²) in [7, 11) is 1.70. The number of unbranched alkanes of at least 4 members (excludes halogenated alkanes) is 1. The third-order valence-electron chi connectivity index (χ3n) is 2.71. The number of hydrogen-bond acceptors (Lipinski definition) is 3. The van der Waals surface area contributed by atoms with Crippen LogP contribution in [0.1, 0.15) is 44.7 Å². The Hall–Kier alpha value is -1.09. The van der Waals surface area contributed by atoms with Crippen LogP contribution in [0.25, 0.3) is 0 Å². The predicted molar refractivity (Wildman–Crippen MR) is 66.7 cm³/mol. The van der Waals surface area contributed by atoms with Crippen molar-refractivity contribution < 1.29 is 4.74 Å². The Balaban J connectivity index is 2.81. The van der Waals surface area contributed by atoms with E-state index in [9.17, 15) is 0 Å². The van der Waals surface area contributed by atoms with E-state index in [0.29, 0.717) is 6.04 Å². The molecule has 1 atom stereocenters. The van der Waals surface area contributed by atoms with E-state index in [-0.39, 0.29) is 0 Å². The van der Waals surface area contributed by atoms with E-state index in [1.807, 2.05) is 12.3 Å². The first-order valence-corrected chi connectivity index (χ1v) is 6.04. The molecule has 0 aliphatic rings. The molecule has 0 radical (unpaired) electrons. The first kappa shape index (κ1) is 13.0. The van der Waals surface area contributed by atoms with Crippen molar-refractivity contribution >= 4 is 0 Å². The molecule has 90 valence electrons. The van der Waals surface area contributed by atoms with Gasteiger partial charge in [0.05, 0.1) is 13.3 Å². The van der Waals surface area contributed by atoms with Crippen molar-refractivity contribution in [2.75, 3.05) is 13.7 Å². The lowest BCUT2D eigenvalue weighted by Crippen LogP contribution is -2.21. The Morgan fingerprint density at radius 1 is 1.44 bits per heavy atom. The first-order valence-electron chi connectivity index (χ1n) is 6.04. The minimum absolute atomic E-state index is 0.378. The molecule has 0 saturated heterocycles. The maximum Gasteiger partial charge on any atom is 0.141 e. The summed E-state index contributed by atoms with van der Waals surface area (Å²) in [6, 6.07) is 2.42. The van der Waals surface area contributed by atoms with Crippen LogP contribution in [0.3, 0.4) is 0 Å². The van der Waals surface area contributed by atoms with Gasteiger partial charge in [-0.15, -0.1) is 0 Å². The van der Waals surface area contributed by atoms with E-state index in [0.717, 1.165) is 18.7 Å². The monoisotopic (exact) mass is 222 g/mol. The summed E-state index contributed by atoms with van der Waals surface area (Å²) in [6.45, 7) is 5.32. The van der Waals surface area contributed by atoms with Crippen molar-refractivity contribution in [3.05, 3.63) is 24.0 Å². The number of ether oxygens (including phenoxy) is 1. The van der Waals surface area contributed by atoms with E-state index in [2.05, 4.69) is 24.1 Å². The molecule has 16 heavy (non-hydrogen) atoms. The molecule has 1 rings (SSSR count). The molecule has 1 aromatic heterocycles. The van der Waals surface area contributed by atoms with E-state index in [1.54, 1.807) is 13.3 Å². The first-order chi connectivity index (χ1) is 7.83. The van der Waals surface area contributed by atoms with Crippen LogP contribution < -0.4 is 10.1 Å². The van der Waals surface area contributed by atoms with E-state index in [4.69, 9.17) is 4.74 Å². The van der Waals surface area contributed by atoms with Gasteiger partial charge in [-0.1, -0.05) is 26.7 Å². The summed E-state index contributed by atoms with van der Waals surface area (Å²) in [5, 5.41) is 3.50. The summed E-state index contributed by atoms with van der Waals surface area (Å²) in [4.78, 5) is 4.09. The minimum Gasteiger partial charge on any atom is -0.495 e.